The average Bonchev–Trinajstić information content (AvgIpc) is 2.94. The van der Waals surface area contributed by atoms with Crippen molar-refractivity contribution in [2.75, 3.05) is 6.54 Å². The van der Waals surface area contributed by atoms with Gasteiger partial charge < -0.3 is 16.0 Å². The molecule has 3 N–H and O–H groups in total. The van der Waals surface area contributed by atoms with Crippen LogP contribution in [-0.4, -0.2) is 24.4 Å². The molecule has 114 valence electrons. The van der Waals surface area contributed by atoms with Crippen molar-refractivity contribution in [1.82, 2.24) is 16.0 Å². The second kappa shape index (κ2) is 7.22. The Morgan fingerprint density at radius 1 is 1.29 bits per heavy atom. The van der Waals surface area contributed by atoms with Gasteiger partial charge in [0.25, 0.3) is 5.91 Å². The molecule has 0 fully saturated rings. The van der Waals surface area contributed by atoms with Crippen LogP contribution in [-0.2, 0) is 17.9 Å². The number of benzene rings is 1. The van der Waals surface area contributed by atoms with Crippen molar-refractivity contribution in [2.24, 2.45) is 0 Å². The van der Waals surface area contributed by atoms with Gasteiger partial charge in [-0.05, 0) is 36.6 Å². The van der Waals surface area contributed by atoms with Gasteiger partial charge >= 0.3 is 0 Å². The Bertz CT molecular complexity index is 528. The van der Waals surface area contributed by atoms with Crippen molar-refractivity contribution in [3.05, 3.63) is 34.9 Å². The minimum absolute atomic E-state index is 0.0252. The van der Waals surface area contributed by atoms with Crippen LogP contribution in [0.4, 0.5) is 0 Å². The molecule has 0 radical (unpaired) electrons. The van der Waals surface area contributed by atoms with Gasteiger partial charge in [-0.1, -0.05) is 13.0 Å². The SMILES string of the molecule is CCC(C)NC(=O)CCNC(=O)c1ccc2c(c1)CNC2. The van der Waals surface area contributed by atoms with Crippen LogP contribution >= 0.6 is 0 Å². The molecule has 1 unspecified atom stereocenters. The molecule has 1 atom stereocenters. The first-order valence-electron chi connectivity index (χ1n) is 7.50. The number of fused-ring (bicyclic) bond motifs is 1. The molecule has 5 nitrogen and oxygen atoms in total. The summed E-state index contributed by atoms with van der Waals surface area (Å²) in [7, 11) is 0. The summed E-state index contributed by atoms with van der Waals surface area (Å²) in [6, 6.07) is 5.92. The third-order valence-corrected chi connectivity index (χ3v) is 3.76. The number of hydrogen-bond donors (Lipinski definition) is 3. The second-order valence-electron chi connectivity index (χ2n) is 5.47. The van der Waals surface area contributed by atoms with Gasteiger partial charge in [0.1, 0.15) is 0 Å². The van der Waals surface area contributed by atoms with Gasteiger partial charge in [0.15, 0.2) is 0 Å². The summed E-state index contributed by atoms with van der Waals surface area (Å²) in [6.45, 7) is 6.03. The Labute approximate surface area is 125 Å². The van der Waals surface area contributed by atoms with E-state index in [1.54, 1.807) is 0 Å². The smallest absolute Gasteiger partial charge is 0.251 e. The van der Waals surface area contributed by atoms with E-state index >= 15 is 0 Å². The maximum absolute atomic E-state index is 12.0. The lowest BCUT2D eigenvalue weighted by atomic mass is 10.1. The zero-order chi connectivity index (χ0) is 15.2. The first-order valence-corrected chi connectivity index (χ1v) is 7.50. The van der Waals surface area contributed by atoms with E-state index in [1.807, 2.05) is 32.0 Å². The van der Waals surface area contributed by atoms with Gasteiger partial charge in [-0.25, -0.2) is 0 Å². The molecule has 0 aliphatic carbocycles. The van der Waals surface area contributed by atoms with Gasteiger partial charge in [-0.15, -0.1) is 0 Å². The molecule has 1 aromatic rings. The van der Waals surface area contributed by atoms with Crippen molar-refractivity contribution in [1.29, 1.82) is 0 Å². The van der Waals surface area contributed by atoms with E-state index in [9.17, 15) is 9.59 Å². The number of rotatable bonds is 6. The fraction of sp³-hybridized carbons (Fsp3) is 0.500. The van der Waals surface area contributed by atoms with Crippen molar-refractivity contribution in [3.63, 3.8) is 0 Å². The van der Waals surface area contributed by atoms with Gasteiger partial charge in [0.05, 0.1) is 0 Å². The van der Waals surface area contributed by atoms with Crippen LogP contribution in [0.15, 0.2) is 18.2 Å². The molecule has 0 saturated carbocycles. The van der Waals surface area contributed by atoms with Gasteiger partial charge in [-0.2, -0.15) is 0 Å². The molecular formula is C16H23N3O2. The summed E-state index contributed by atoms with van der Waals surface area (Å²) in [6.07, 6.45) is 1.21. The summed E-state index contributed by atoms with van der Waals surface area (Å²) < 4.78 is 0. The number of carbonyl (C=O) groups excluding carboxylic acids is 2. The number of nitrogens with one attached hydrogen (secondary N) is 3. The topological polar surface area (TPSA) is 70.2 Å². The quantitative estimate of drug-likeness (QED) is 0.740. The summed E-state index contributed by atoms with van der Waals surface area (Å²) in [4.78, 5) is 23.7. The summed E-state index contributed by atoms with van der Waals surface area (Å²) in [5.74, 6) is -0.149. The Hall–Kier alpha value is -1.88. The second-order valence-corrected chi connectivity index (χ2v) is 5.47. The average molecular weight is 289 g/mol. The molecule has 0 aromatic heterocycles. The Balaban J connectivity index is 1.78. The Kier molecular flexibility index (Phi) is 5.33. The molecule has 0 bridgehead atoms. The maximum Gasteiger partial charge on any atom is 0.251 e. The van der Waals surface area contributed by atoms with Crippen molar-refractivity contribution in [3.8, 4) is 0 Å². The molecule has 1 heterocycles. The van der Waals surface area contributed by atoms with E-state index in [0.29, 0.717) is 18.5 Å². The molecule has 21 heavy (non-hydrogen) atoms. The zero-order valence-electron chi connectivity index (χ0n) is 12.7. The van der Waals surface area contributed by atoms with Crippen molar-refractivity contribution >= 4 is 11.8 Å². The van der Waals surface area contributed by atoms with Crippen LogP contribution < -0.4 is 16.0 Å². The van der Waals surface area contributed by atoms with Gasteiger partial charge in [0.2, 0.25) is 5.91 Å². The van der Waals surface area contributed by atoms with E-state index in [2.05, 4.69) is 16.0 Å². The fourth-order valence-corrected chi connectivity index (χ4v) is 2.28. The standard InChI is InChI=1S/C16H23N3O2/c1-3-11(2)19-15(20)6-7-18-16(21)12-4-5-13-9-17-10-14(13)8-12/h4-5,8,11,17H,3,6-7,9-10H2,1-2H3,(H,18,21)(H,19,20). The first kappa shape index (κ1) is 15.5. The largest absolute Gasteiger partial charge is 0.354 e. The molecule has 0 spiro atoms. The van der Waals surface area contributed by atoms with Crippen LogP contribution in [0.2, 0.25) is 0 Å². The summed E-state index contributed by atoms with van der Waals surface area (Å²) in [5.41, 5.74) is 3.08. The number of hydrogen-bond acceptors (Lipinski definition) is 3. The van der Waals surface area contributed by atoms with E-state index in [4.69, 9.17) is 0 Å². The molecule has 5 heteroatoms. The van der Waals surface area contributed by atoms with Gasteiger partial charge in [0, 0.05) is 37.7 Å². The third-order valence-electron chi connectivity index (χ3n) is 3.76. The molecule has 2 amide bonds. The van der Waals surface area contributed by atoms with Gasteiger partial charge in [-0.3, -0.25) is 9.59 Å². The monoisotopic (exact) mass is 289 g/mol. The highest BCUT2D eigenvalue weighted by Crippen LogP contribution is 2.16. The van der Waals surface area contributed by atoms with E-state index in [0.717, 1.165) is 19.5 Å². The lowest BCUT2D eigenvalue weighted by molar-refractivity contribution is -0.121. The number of amides is 2. The zero-order valence-corrected chi connectivity index (χ0v) is 12.7. The van der Waals surface area contributed by atoms with E-state index in [1.165, 1.54) is 11.1 Å². The lowest BCUT2D eigenvalue weighted by Crippen LogP contribution is -2.35. The molecule has 1 aliphatic heterocycles. The predicted molar refractivity (Wildman–Crippen MR) is 81.8 cm³/mol. The lowest BCUT2D eigenvalue weighted by Gasteiger charge is -2.11. The van der Waals surface area contributed by atoms with Crippen LogP contribution in [0.3, 0.4) is 0 Å². The number of carbonyl (C=O) groups is 2. The summed E-state index contributed by atoms with van der Waals surface area (Å²) in [5, 5.41) is 8.92. The minimum atomic E-state index is -0.124. The first-order chi connectivity index (χ1) is 10.1. The summed E-state index contributed by atoms with van der Waals surface area (Å²) >= 11 is 0. The van der Waals surface area contributed by atoms with Crippen LogP contribution in [0.5, 0.6) is 0 Å². The molecule has 0 saturated heterocycles. The minimum Gasteiger partial charge on any atom is -0.354 e. The van der Waals surface area contributed by atoms with E-state index in [-0.39, 0.29) is 17.9 Å². The molecule has 1 aliphatic rings. The highest BCUT2D eigenvalue weighted by molar-refractivity contribution is 5.94. The fourth-order valence-electron chi connectivity index (χ4n) is 2.28. The molecular weight excluding hydrogens is 266 g/mol. The maximum atomic E-state index is 12.0. The Morgan fingerprint density at radius 3 is 2.81 bits per heavy atom. The predicted octanol–water partition coefficient (Wildman–Crippen LogP) is 1.32. The molecule has 1 aromatic carbocycles. The van der Waals surface area contributed by atoms with Crippen LogP contribution in [0.1, 0.15) is 48.2 Å². The normalized spacial score (nSPS) is 14.4. The molecule has 2 rings (SSSR count). The Morgan fingerprint density at radius 2 is 2.05 bits per heavy atom. The third kappa shape index (κ3) is 4.29. The van der Waals surface area contributed by atoms with Crippen molar-refractivity contribution in [2.45, 2.75) is 45.8 Å². The van der Waals surface area contributed by atoms with Crippen molar-refractivity contribution < 1.29 is 9.59 Å². The highest BCUT2D eigenvalue weighted by atomic mass is 16.2. The highest BCUT2D eigenvalue weighted by Gasteiger charge is 2.13. The van der Waals surface area contributed by atoms with Crippen LogP contribution in [0.25, 0.3) is 0 Å². The van der Waals surface area contributed by atoms with E-state index < -0.39 is 0 Å². The van der Waals surface area contributed by atoms with Crippen LogP contribution in [0, 0.1) is 0 Å².